The van der Waals surface area contributed by atoms with Crippen LogP contribution in [0, 0.1) is 12.7 Å². The first-order chi connectivity index (χ1) is 9.13. The van der Waals surface area contributed by atoms with Crippen LogP contribution in [-0.2, 0) is 0 Å². The van der Waals surface area contributed by atoms with Crippen LogP contribution in [0.25, 0.3) is 5.65 Å². The van der Waals surface area contributed by atoms with Crippen LogP contribution in [0.5, 0.6) is 11.6 Å². The number of anilines is 1. The Balaban J connectivity index is 2.07. The second-order valence-corrected chi connectivity index (χ2v) is 4.13. The van der Waals surface area contributed by atoms with E-state index in [9.17, 15) is 4.39 Å². The van der Waals surface area contributed by atoms with E-state index in [0.717, 1.165) is 5.69 Å². The van der Waals surface area contributed by atoms with Crippen molar-refractivity contribution in [1.29, 1.82) is 0 Å². The number of nitrogens with zero attached hydrogens (tertiary/aromatic N) is 3. The zero-order valence-electron chi connectivity index (χ0n) is 10.2. The first-order valence-corrected chi connectivity index (χ1v) is 5.68. The number of benzene rings is 1. The van der Waals surface area contributed by atoms with Gasteiger partial charge >= 0.3 is 0 Å². The highest BCUT2D eigenvalue weighted by Gasteiger charge is 2.10. The third kappa shape index (κ3) is 2.08. The highest BCUT2D eigenvalue weighted by atomic mass is 19.1. The van der Waals surface area contributed by atoms with Crippen LogP contribution in [0.2, 0.25) is 0 Å². The summed E-state index contributed by atoms with van der Waals surface area (Å²) >= 11 is 0. The minimum atomic E-state index is -0.519. The fourth-order valence-corrected chi connectivity index (χ4v) is 1.79. The molecule has 0 aliphatic carbocycles. The van der Waals surface area contributed by atoms with Gasteiger partial charge in [0.25, 0.3) is 0 Å². The van der Waals surface area contributed by atoms with E-state index >= 15 is 0 Å². The van der Waals surface area contributed by atoms with Gasteiger partial charge in [-0.15, -0.1) is 0 Å². The fraction of sp³-hybridized carbons (Fsp3) is 0.0769. The number of fused-ring (bicyclic) bond motifs is 1. The van der Waals surface area contributed by atoms with Gasteiger partial charge in [-0.2, -0.15) is 9.61 Å². The SMILES string of the molecule is Cc1cc(Oc2ccc(N)cc2F)n2nccc2n1. The predicted molar refractivity (Wildman–Crippen MR) is 68.6 cm³/mol. The second-order valence-electron chi connectivity index (χ2n) is 4.13. The third-order valence-electron chi connectivity index (χ3n) is 2.63. The lowest BCUT2D eigenvalue weighted by molar-refractivity contribution is 0.415. The van der Waals surface area contributed by atoms with Crippen LogP contribution >= 0.6 is 0 Å². The zero-order chi connectivity index (χ0) is 13.4. The van der Waals surface area contributed by atoms with Gasteiger partial charge in [-0.25, -0.2) is 9.37 Å². The van der Waals surface area contributed by atoms with Crippen molar-refractivity contribution in [3.8, 4) is 11.6 Å². The van der Waals surface area contributed by atoms with E-state index in [-0.39, 0.29) is 5.75 Å². The van der Waals surface area contributed by atoms with Crippen molar-refractivity contribution in [3.05, 3.63) is 48.0 Å². The van der Waals surface area contributed by atoms with Crippen LogP contribution in [0.15, 0.2) is 36.5 Å². The Morgan fingerprint density at radius 1 is 1.26 bits per heavy atom. The number of aromatic nitrogens is 3. The molecule has 0 fully saturated rings. The van der Waals surface area contributed by atoms with Crippen molar-refractivity contribution < 1.29 is 9.13 Å². The standard InChI is InChI=1S/C13H11FN4O/c1-8-6-13(18-12(17-8)4-5-16-18)19-11-3-2-9(15)7-10(11)14/h2-7H,15H2,1H3. The van der Waals surface area contributed by atoms with Crippen LogP contribution in [0.1, 0.15) is 5.69 Å². The highest BCUT2D eigenvalue weighted by molar-refractivity contribution is 5.45. The molecule has 0 unspecified atom stereocenters. The maximum atomic E-state index is 13.7. The maximum absolute atomic E-state index is 13.7. The van der Waals surface area contributed by atoms with Gasteiger partial charge in [0.05, 0.1) is 6.20 Å². The molecular formula is C13H11FN4O. The summed E-state index contributed by atoms with van der Waals surface area (Å²) in [5.74, 6) is -0.0254. The van der Waals surface area contributed by atoms with E-state index in [0.29, 0.717) is 17.2 Å². The lowest BCUT2D eigenvalue weighted by Gasteiger charge is -2.09. The molecule has 0 atom stereocenters. The molecule has 6 heteroatoms. The molecule has 96 valence electrons. The number of rotatable bonds is 2. The van der Waals surface area contributed by atoms with Crippen LogP contribution in [-0.4, -0.2) is 14.6 Å². The minimum absolute atomic E-state index is 0.0941. The molecule has 0 bridgehead atoms. The normalized spacial score (nSPS) is 10.8. The number of nitrogen functional groups attached to an aromatic ring is 1. The molecule has 0 amide bonds. The van der Waals surface area contributed by atoms with E-state index in [1.54, 1.807) is 24.4 Å². The lowest BCUT2D eigenvalue weighted by Crippen LogP contribution is -2.00. The molecule has 0 saturated carbocycles. The van der Waals surface area contributed by atoms with Crippen molar-refractivity contribution in [2.75, 3.05) is 5.73 Å². The van der Waals surface area contributed by atoms with Gasteiger partial charge in [-0.05, 0) is 19.1 Å². The molecule has 0 spiro atoms. The summed E-state index contributed by atoms with van der Waals surface area (Å²) in [5, 5.41) is 4.09. The first kappa shape index (κ1) is 11.5. The monoisotopic (exact) mass is 258 g/mol. The van der Waals surface area contributed by atoms with Gasteiger partial charge in [-0.3, -0.25) is 0 Å². The summed E-state index contributed by atoms with van der Waals surface area (Å²) in [6.45, 7) is 1.83. The van der Waals surface area contributed by atoms with E-state index in [2.05, 4.69) is 10.1 Å². The molecule has 0 radical (unpaired) electrons. The lowest BCUT2D eigenvalue weighted by atomic mass is 10.3. The zero-order valence-corrected chi connectivity index (χ0v) is 10.2. The molecule has 3 rings (SSSR count). The van der Waals surface area contributed by atoms with E-state index in [4.69, 9.17) is 10.5 Å². The average Bonchev–Trinajstić information content (AvgIpc) is 2.80. The number of hydrogen-bond donors (Lipinski definition) is 1. The molecule has 2 heterocycles. The molecule has 1 aromatic carbocycles. The summed E-state index contributed by atoms with van der Waals surface area (Å²) in [7, 11) is 0. The molecule has 0 aliphatic rings. The van der Waals surface area contributed by atoms with E-state index in [1.165, 1.54) is 16.6 Å². The highest BCUT2D eigenvalue weighted by Crippen LogP contribution is 2.26. The average molecular weight is 258 g/mol. The Labute approximate surface area is 108 Å². The minimum Gasteiger partial charge on any atom is -0.436 e. The van der Waals surface area contributed by atoms with Gasteiger partial charge in [0, 0.05) is 29.6 Å². The molecular weight excluding hydrogens is 247 g/mol. The van der Waals surface area contributed by atoms with Crippen LogP contribution in [0.3, 0.4) is 0 Å². The van der Waals surface area contributed by atoms with Crippen molar-refractivity contribution in [3.63, 3.8) is 0 Å². The number of aryl methyl sites for hydroxylation is 1. The Hall–Kier alpha value is -2.63. The summed E-state index contributed by atoms with van der Waals surface area (Å²) in [5.41, 5.74) is 7.25. The van der Waals surface area contributed by atoms with Crippen molar-refractivity contribution in [2.24, 2.45) is 0 Å². The summed E-state index contributed by atoms with van der Waals surface area (Å²) in [6, 6.07) is 7.71. The summed E-state index contributed by atoms with van der Waals surface area (Å²) in [6.07, 6.45) is 1.61. The molecule has 2 aromatic heterocycles. The Kier molecular flexibility index (Phi) is 2.56. The molecule has 3 aromatic rings. The summed E-state index contributed by atoms with van der Waals surface area (Å²) < 4.78 is 20.8. The number of halogens is 1. The smallest absolute Gasteiger partial charge is 0.224 e. The topological polar surface area (TPSA) is 65.4 Å². The molecule has 2 N–H and O–H groups in total. The fourth-order valence-electron chi connectivity index (χ4n) is 1.79. The number of hydrogen-bond acceptors (Lipinski definition) is 4. The molecule has 19 heavy (non-hydrogen) atoms. The van der Waals surface area contributed by atoms with Gasteiger partial charge < -0.3 is 10.5 Å². The Morgan fingerprint density at radius 3 is 2.89 bits per heavy atom. The van der Waals surface area contributed by atoms with Gasteiger partial charge in [-0.1, -0.05) is 0 Å². The predicted octanol–water partition coefficient (Wildman–Crippen LogP) is 2.55. The summed E-state index contributed by atoms with van der Waals surface area (Å²) in [4.78, 5) is 4.28. The largest absolute Gasteiger partial charge is 0.436 e. The van der Waals surface area contributed by atoms with Gasteiger partial charge in [0.2, 0.25) is 5.88 Å². The number of nitrogens with two attached hydrogens (primary N) is 1. The van der Waals surface area contributed by atoms with Crippen molar-refractivity contribution >= 4 is 11.3 Å². The Morgan fingerprint density at radius 2 is 2.11 bits per heavy atom. The first-order valence-electron chi connectivity index (χ1n) is 5.68. The van der Waals surface area contributed by atoms with E-state index < -0.39 is 5.82 Å². The third-order valence-corrected chi connectivity index (χ3v) is 2.63. The molecule has 0 saturated heterocycles. The van der Waals surface area contributed by atoms with Crippen molar-refractivity contribution in [1.82, 2.24) is 14.6 Å². The maximum Gasteiger partial charge on any atom is 0.224 e. The van der Waals surface area contributed by atoms with Gasteiger partial charge in [0.1, 0.15) is 0 Å². The number of ether oxygens (including phenoxy) is 1. The van der Waals surface area contributed by atoms with Crippen LogP contribution < -0.4 is 10.5 Å². The van der Waals surface area contributed by atoms with Crippen LogP contribution in [0.4, 0.5) is 10.1 Å². The van der Waals surface area contributed by atoms with Crippen molar-refractivity contribution in [2.45, 2.75) is 6.92 Å². The van der Waals surface area contributed by atoms with E-state index in [1.807, 2.05) is 6.92 Å². The molecule has 0 aliphatic heterocycles. The van der Waals surface area contributed by atoms with Gasteiger partial charge in [0.15, 0.2) is 17.2 Å². The second kappa shape index (κ2) is 4.24. The quantitative estimate of drug-likeness (QED) is 0.717. The molecule has 5 nitrogen and oxygen atoms in total. The Bertz CT molecular complexity index is 753.